The number of phenols is 1. The van der Waals surface area contributed by atoms with E-state index in [1.165, 1.54) is 0 Å². The van der Waals surface area contributed by atoms with Gasteiger partial charge >= 0.3 is 0 Å². The molecule has 0 aliphatic heterocycles. The largest absolute Gasteiger partial charge is 0.508 e. The number of para-hydroxylation sites is 1. The molecule has 1 rings (SSSR count). The number of hydrogen-bond acceptors (Lipinski definition) is 2. The van der Waals surface area contributed by atoms with Crippen LogP contribution in [-0.4, -0.2) is 23.1 Å². The van der Waals surface area contributed by atoms with Crippen LogP contribution in [0, 0.1) is 5.92 Å². The maximum atomic E-state index is 9.66. The fraction of sp³-hybridized carbons (Fsp3) is 0.538. The van der Waals surface area contributed by atoms with Gasteiger partial charge in [-0.3, -0.25) is 4.90 Å². The highest BCUT2D eigenvalue weighted by molar-refractivity contribution is 5.31. The third-order valence-corrected chi connectivity index (χ3v) is 2.46. The third-order valence-electron chi connectivity index (χ3n) is 2.46. The molecule has 2 heteroatoms. The van der Waals surface area contributed by atoms with Crippen molar-refractivity contribution in [2.24, 2.45) is 5.92 Å². The summed E-state index contributed by atoms with van der Waals surface area (Å²) in [4.78, 5) is 2.35. The van der Waals surface area contributed by atoms with Crippen molar-refractivity contribution in [3.8, 4) is 5.75 Å². The zero-order chi connectivity index (χ0) is 11.3. The molecular weight excluding hydrogens is 186 g/mol. The van der Waals surface area contributed by atoms with Crippen molar-refractivity contribution in [1.82, 2.24) is 4.90 Å². The van der Waals surface area contributed by atoms with Crippen LogP contribution >= 0.6 is 0 Å². The van der Waals surface area contributed by atoms with Crippen LogP contribution in [0.25, 0.3) is 0 Å². The van der Waals surface area contributed by atoms with Crippen LogP contribution in [0.1, 0.15) is 26.3 Å². The molecule has 84 valence electrons. The van der Waals surface area contributed by atoms with Gasteiger partial charge in [0.25, 0.3) is 0 Å². The molecule has 0 spiro atoms. The van der Waals surface area contributed by atoms with E-state index in [0.717, 1.165) is 25.2 Å². The normalized spacial score (nSPS) is 11.3. The molecule has 0 amide bonds. The van der Waals surface area contributed by atoms with Crippen molar-refractivity contribution in [3.63, 3.8) is 0 Å². The van der Waals surface area contributed by atoms with Crippen molar-refractivity contribution >= 4 is 0 Å². The van der Waals surface area contributed by atoms with Crippen LogP contribution in [0.2, 0.25) is 0 Å². The summed E-state index contributed by atoms with van der Waals surface area (Å²) in [5, 5.41) is 9.66. The molecule has 0 saturated carbocycles. The highest BCUT2D eigenvalue weighted by Crippen LogP contribution is 2.18. The number of aromatic hydroxyl groups is 1. The maximum Gasteiger partial charge on any atom is 0.120 e. The second-order valence-corrected chi connectivity index (χ2v) is 4.35. The van der Waals surface area contributed by atoms with Gasteiger partial charge in [0.05, 0.1) is 0 Å². The molecule has 0 unspecified atom stereocenters. The first-order valence-electron chi connectivity index (χ1n) is 5.62. The van der Waals surface area contributed by atoms with Crippen molar-refractivity contribution < 1.29 is 5.11 Å². The molecule has 0 aliphatic carbocycles. The highest BCUT2D eigenvalue weighted by atomic mass is 16.3. The lowest BCUT2D eigenvalue weighted by molar-refractivity contribution is 0.245. The Hall–Kier alpha value is -1.02. The van der Waals surface area contributed by atoms with Crippen LogP contribution in [-0.2, 0) is 6.54 Å². The van der Waals surface area contributed by atoms with Crippen molar-refractivity contribution in [2.45, 2.75) is 27.3 Å². The van der Waals surface area contributed by atoms with E-state index >= 15 is 0 Å². The number of benzene rings is 1. The summed E-state index contributed by atoms with van der Waals surface area (Å²) >= 11 is 0. The molecule has 0 aliphatic rings. The topological polar surface area (TPSA) is 23.5 Å². The number of hydrogen-bond donors (Lipinski definition) is 1. The number of nitrogens with zero attached hydrogens (tertiary/aromatic N) is 1. The average Bonchev–Trinajstić information content (AvgIpc) is 2.19. The summed E-state index contributed by atoms with van der Waals surface area (Å²) in [7, 11) is 0. The van der Waals surface area contributed by atoms with Gasteiger partial charge in [-0.2, -0.15) is 0 Å². The Morgan fingerprint density at radius 3 is 2.47 bits per heavy atom. The van der Waals surface area contributed by atoms with E-state index in [-0.39, 0.29) is 0 Å². The summed E-state index contributed by atoms with van der Waals surface area (Å²) < 4.78 is 0. The number of phenolic OH excluding ortho intramolecular Hbond substituents is 1. The Labute approximate surface area is 92.5 Å². The molecule has 0 aromatic heterocycles. The Bertz CT molecular complexity index is 296. The minimum absolute atomic E-state index is 0.403. The maximum absolute atomic E-state index is 9.66. The summed E-state index contributed by atoms with van der Waals surface area (Å²) in [6.07, 6.45) is 0. The van der Waals surface area contributed by atoms with Gasteiger partial charge in [-0.15, -0.1) is 0 Å². The highest BCUT2D eigenvalue weighted by Gasteiger charge is 2.08. The molecule has 0 atom stereocenters. The molecule has 0 saturated heterocycles. The Balaban J connectivity index is 2.62. The molecule has 0 fully saturated rings. The lowest BCUT2D eigenvalue weighted by atomic mass is 10.1. The average molecular weight is 207 g/mol. The van der Waals surface area contributed by atoms with E-state index in [1.54, 1.807) is 6.07 Å². The first-order chi connectivity index (χ1) is 7.13. The van der Waals surface area contributed by atoms with E-state index in [2.05, 4.69) is 25.7 Å². The van der Waals surface area contributed by atoms with Crippen molar-refractivity contribution in [2.75, 3.05) is 13.1 Å². The van der Waals surface area contributed by atoms with E-state index in [0.29, 0.717) is 11.7 Å². The SMILES string of the molecule is CCN(Cc1ccccc1O)CC(C)C. The first kappa shape index (κ1) is 12.1. The molecule has 2 nitrogen and oxygen atoms in total. The van der Waals surface area contributed by atoms with Gasteiger partial charge in [0.2, 0.25) is 0 Å². The van der Waals surface area contributed by atoms with Gasteiger partial charge in [-0.25, -0.2) is 0 Å². The molecule has 15 heavy (non-hydrogen) atoms. The predicted molar refractivity (Wildman–Crippen MR) is 63.9 cm³/mol. The quantitative estimate of drug-likeness (QED) is 0.802. The van der Waals surface area contributed by atoms with Crippen LogP contribution in [0.5, 0.6) is 5.75 Å². The molecule has 0 heterocycles. The lowest BCUT2D eigenvalue weighted by Gasteiger charge is -2.22. The first-order valence-corrected chi connectivity index (χ1v) is 5.62. The number of rotatable bonds is 5. The van der Waals surface area contributed by atoms with Crippen LogP contribution in [0.4, 0.5) is 0 Å². The second kappa shape index (κ2) is 5.76. The molecule has 1 N–H and O–H groups in total. The predicted octanol–water partition coefficient (Wildman–Crippen LogP) is 2.87. The third kappa shape index (κ3) is 3.92. The molecular formula is C13H21NO. The summed E-state index contributed by atoms with van der Waals surface area (Å²) in [6.45, 7) is 9.52. The van der Waals surface area contributed by atoms with Crippen molar-refractivity contribution in [3.05, 3.63) is 29.8 Å². The Kier molecular flexibility index (Phi) is 4.63. The smallest absolute Gasteiger partial charge is 0.120 e. The summed E-state index contributed by atoms with van der Waals surface area (Å²) in [5.41, 5.74) is 1.01. The monoisotopic (exact) mass is 207 g/mol. The van der Waals surface area contributed by atoms with E-state index < -0.39 is 0 Å². The van der Waals surface area contributed by atoms with Gasteiger partial charge in [-0.1, -0.05) is 39.0 Å². The van der Waals surface area contributed by atoms with Gasteiger partial charge in [0, 0.05) is 18.7 Å². The van der Waals surface area contributed by atoms with Gasteiger partial charge in [-0.05, 0) is 18.5 Å². The molecule has 0 bridgehead atoms. The zero-order valence-electron chi connectivity index (χ0n) is 9.90. The Morgan fingerprint density at radius 2 is 1.93 bits per heavy atom. The zero-order valence-corrected chi connectivity index (χ0v) is 9.90. The molecule has 1 aromatic rings. The van der Waals surface area contributed by atoms with Gasteiger partial charge in [0.1, 0.15) is 5.75 Å². The molecule has 0 radical (unpaired) electrons. The lowest BCUT2D eigenvalue weighted by Crippen LogP contribution is -2.27. The Morgan fingerprint density at radius 1 is 1.27 bits per heavy atom. The van der Waals surface area contributed by atoms with E-state index in [1.807, 2.05) is 18.2 Å². The van der Waals surface area contributed by atoms with Gasteiger partial charge < -0.3 is 5.11 Å². The summed E-state index contributed by atoms with van der Waals surface area (Å²) in [6, 6.07) is 7.56. The van der Waals surface area contributed by atoms with E-state index in [9.17, 15) is 5.11 Å². The fourth-order valence-corrected chi connectivity index (χ4v) is 1.71. The fourth-order valence-electron chi connectivity index (χ4n) is 1.71. The van der Waals surface area contributed by atoms with Crippen LogP contribution in [0.15, 0.2) is 24.3 Å². The van der Waals surface area contributed by atoms with E-state index in [4.69, 9.17) is 0 Å². The summed E-state index contributed by atoms with van der Waals surface area (Å²) in [5.74, 6) is 1.07. The van der Waals surface area contributed by atoms with Crippen LogP contribution < -0.4 is 0 Å². The second-order valence-electron chi connectivity index (χ2n) is 4.35. The minimum atomic E-state index is 0.403. The minimum Gasteiger partial charge on any atom is -0.508 e. The van der Waals surface area contributed by atoms with Crippen molar-refractivity contribution in [1.29, 1.82) is 0 Å². The van der Waals surface area contributed by atoms with Gasteiger partial charge in [0.15, 0.2) is 0 Å². The standard InChI is InChI=1S/C13H21NO/c1-4-14(9-11(2)3)10-12-7-5-6-8-13(12)15/h5-8,11,15H,4,9-10H2,1-3H3. The van der Waals surface area contributed by atoms with Crippen LogP contribution in [0.3, 0.4) is 0 Å². The molecule has 1 aromatic carbocycles.